The van der Waals surface area contributed by atoms with Crippen molar-refractivity contribution in [2.45, 2.75) is 37.2 Å². The Morgan fingerprint density at radius 2 is 1.90 bits per heavy atom. The van der Waals surface area contributed by atoms with E-state index >= 15 is 0 Å². The lowest BCUT2D eigenvalue weighted by molar-refractivity contribution is 0.117. The summed E-state index contributed by atoms with van der Waals surface area (Å²) in [4.78, 5) is 0.265. The third-order valence-electron chi connectivity index (χ3n) is 4.65. The van der Waals surface area contributed by atoms with Crippen molar-refractivity contribution in [3.63, 3.8) is 0 Å². The number of benzene rings is 1. The van der Waals surface area contributed by atoms with Crippen molar-refractivity contribution in [1.29, 1.82) is 0 Å². The molecule has 110 valence electrons. The van der Waals surface area contributed by atoms with E-state index in [0.29, 0.717) is 17.8 Å². The van der Waals surface area contributed by atoms with Crippen molar-refractivity contribution in [3.05, 3.63) is 29.8 Å². The van der Waals surface area contributed by atoms with Gasteiger partial charge in [0, 0.05) is 5.33 Å². The van der Waals surface area contributed by atoms with E-state index in [1.54, 1.807) is 24.3 Å². The van der Waals surface area contributed by atoms with Crippen molar-refractivity contribution in [2.75, 3.05) is 5.33 Å². The first kappa shape index (κ1) is 14.5. The van der Waals surface area contributed by atoms with Gasteiger partial charge in [0.15, 0.2) is 0 Å². The zero-order valence-corrected chi connectivity index (χ0v) is 13.9. The number of aryl methyl sites for hydroxylation is 1. The van der Waals surface area contributed by atoms with Crippen LogP contribution in [0.15, 0.2) is 29.2 Å². The summed E-state index contributed by atoms with van der Waals surface area (Å²) in [5.74, 6) is 1.59. The summed E-state index contributed by atoms with van der Waals surface area (Å²) in [6.45, 7) is 1.94. The Labute approximate surface area is 129 Å². The molecule has 2 aliphatic rings. The van der Waals surface area contributed by atoms with Gasteiger partial charge in [-0.2, -0.15) is 8.42 Å². The van der Waals surface area contributed by atoms with Gasteiger partial charge in [0.05, 0.1) is 11.0 Å². The zero-order chi connectivity index (χ0) is 14.3. The zero-order valence-electron chi connectivity index (χ0n) is 11.5. The van der Waals surface area contributed by atoms with Crippen LogP contribution in [0.5, 0.6) is 0 Å². The van der Waals surface area contributed by atoms with Crippen LogP contribution < -0.4 is 0 Å². The van der Waals surface area contributed by atoms with Crippen LogP contribution in [0.3, 0.4) is 0 Å². The van der Waals surface area contributed by atoms with Gasteiger partial charge in [-0.1, -0.05) is 33.6 Å². The molecule has 0 radical (unpaired) electrons. The van der Waals surface area contributed by atoms with E-state index in [2.05, 4.69) is 15.9 Å². The van der Waals surface area contributed by atoms with Gasteiger partial charge in [-0.15, -0.1) is 0 Å². The maximum atomic E-state index is 12.3. The van der Waals surface area contributed by atoms with Crippen molar-refractivity contribution in [3.8, 4) is 0 Å². The Morgan fingerprint density at radius 1 is 1.20 bits per heavy atom. The Morgan fingerprint density at radius 3 is 2.50 bits per heavy atom. The highest BCUT2D eigenvalue weighted by Gasteiger charge is 2.47. The Hall–Kier alpha value is -0.390. The molecule has 20 heavy (non-hydrogen) atoms. The molecule has 0 aromatic heterocycles. The fourth-order valence-electron chi connectivity index (χ4n) is 3.64. The second kappa shape index (κ2) is 5.43. The maximum Gasteiger partial charge on any atom is 0.297 e. The van der Waals surface area contributed by atoms with Gasteiger partial charge in [0.2, 0.25) is 0 Å². The van der Waals surface area contributed by atoms with Crippen LogP contribution in [0.1, 0.15) is 24.8 Å². The number of hydrogen-bond acceptors (Lipinski definition) is 3. The second-order valence-corrected chi connectivity index (χ2v) is 8.27. The molecule has 0 heterocycles. The standard InChI is InChI=1S/C15H19BrO3S/c1-10-2-4-13(5-3-10)20(17,18)19-15-8-11-6-12(9-16)14(15)7-11/h2-5,11-12,14-15H,6-9H2,1H3/t11-,12+,14+,15-/m0/s1. The van der Waals surface area contributed by atoms with Crippen molar-refractivity contribution < 1.29 is 12.6 Å². The van der Waals surface area contributed by atoms with Crippen LogP contribution in [-0.4, -0.2) is 19.9 Å². The van der Waals surface area contributed by atoms with Crippen LogP contribution in [-0.2, 0) is 14.3 Å². The van der Waals surface area contributed by atoms with Gasteiger partial charge in [0.1, 0.15) is 0 Å². The summed E-state index contributed by atoms with van der Waals surface area (Å²) in [7, 11) is -3.63. The monoisotopic (exact) mass is 358 g/mol. The summed E-state index contributed by atoms with van der Waals surface area (Å²) in [5, 5.41) is 0.943. The highest BCUT2D eigenvalue weighted by Crippen LogP contribution is 2.50. The largest absolute Gasteiger partial charge is 0.297 e. The molecule has 1 aromatic carbocycles. The third kappa shape index (κ3) is 2.68. The van der Waals surface area contributed by atoms with Crippen molar-refractivity contribution in [1.82, 2.24) is 0 Å². The summed E-state index contributed by atoms with van der Waals surface area (Å²) in [5.41, 5.74) is 1.04. The highest BCUT2D eigenvalue weighted by molar-refractivity contribution is 9.09. The maximum absolute atomic E-state index is 12.3. The number of rotatable bonds is 4. The minimum Gasteiger partial charge on any atom is -0.263 e. The van der Waals surface area contributed by atoms with Crippen LogP contribution in [0, 0.1) is 24.7 Å². The number of alkyl halides is 1. The lowest BCUT2D eigenvalue weighted by atomic mass is 9.88. The SMILES string of the molecule is Cc1ccc(S(=O)(=O)O[C@H]2C[C@H]3C[C@H](CBr)[C@H]2C3)cc1. The van der Waals surface area contributed by atoms with Gasteiger partial charge >= 0.3 is 0 Å². The molecular formula is C15H19BrO3S. The topological polar surface area (TPSA) is 43.4 Å². The molecule has 2 bridgehead atoms. The molecule has 1 aromatic rings. The smallest absolute Gasteiger partial charge is 0.263 e. The van der Waals surface area contributed by atoms with Gasteiger partial charge in [-0.05, 0) is 56.1 Å². The second-order valence-electron chi connectivity index (χ2n) is 6.05. The first-order valence-corrected chi connectivity index (χ1v) is 9.58. The molecule has 0 amide bonds. The molecule has 0 unspecified atom stereocenters. The minimum atomic E-state index is -3.63. The normalized spacial score (nSPS) is 32.7. The molecule has 4 atom stereocenters. The van der Waals surface area contributed by atoms with E-state index in [-0.39, 0.29) is 11.0 Å². The molecular weight excluding hydrogens is 340 g/mol. The van der Waals surface area contributed by atoms with E-state index in [9.17, 15) is 8.42 Å². The summed E-state index contributed by atoms with van der Waals surface area (Å²) >= 11 is 3.53. The fraction of sp³-hybridized carbons (Fsp3) is 0.600. The van der Waals surface area contributed by atoms with Crippen molar-refractivity contribution in [2.24, 2.45) is 17.8 Å². The van der Waals surface area contributed by atoms with Crippen LogP contribution in [0.2, 0.25) is 0 Å². The predicted molar refractivity (Wildman–Crippen MR) is 81.4 cm³/mol. The van der Waals surface area contributed by atoms with E-state index < -0.39 is 10.1 Å². The van der Waals surface area contributed by atoms with Gasteiger partial charge in [-0.3, -0.25) is 4.18 Å². The Balaban J connectivity index is 1.76. The van der Waals surface area contributed by atoms with E-state index in [0.717, 1.165) is 23.7 Å². The molecule has 3 rings (SSSR count). The van der Waals surface area contributed by atoms with Crippen LogP contribution >= 0.6 is 15.9 Å². The number of hydrogen-bond donors (Lipinski definition) is 0. The predicted octanol–water partition coefficient (Wildman–Crippen LogP) is 3.51. The summed E-state index contributed by atoms with van der Waals surface area (Å²) < 4.78 is 30.2. The molecule has 0 N–H and O–H groups in total. The minimum absolute atomic E-state index is 0.136. The first-order chi connectivity index (χ1) is 9.49. The summed E-state index contributed by atoms with van der Waals surface area (Å²) in [6, 6.07) is 6.86. The Kier molecular flexibility index (Phi) is 3.95. The van der Waals surface area contributed by atoms with E-state index in [1.165, 1.54) is 6.42 Å². The molecule has 2 fully saturated rings. The lowest BCUT2D eigenvalue weighted by Gasteiger charge is -2.27. The fourth-order valence-corrected chi connectivity index (χ4v) is 5.51. The van der Waals surface area contributed by atoms with Gasteiger partial charge in [-0.25, -0.2) is 0 Å². The van der Waals surface area contributed by atoms with Crippen LogP contribution in [0.4, 0.5) is 0 Å². The quantitative estimate of drug-likeness (QED) is 0.610. The van der Waals surface area contributed by atoms with E-state index in [1.807, 2.05) is 6.92 Å². The molecule has 2 aliphatic carbocycles. The average Bonchev–Trinajstić information content (AvgIpc) is 2.97. The lowest BCUT2D eigenvalue weighted by Crippen LogP contribution is -2.30. The van der Waals surface area contributed by atoms with Crippen LogP contribution in [0.25, 0.3) is 0 Å². The molecule has 3 nitrogen and oxygen atoms in total. The van der Waals surface area contributed by atoms with Gasteiger partial charge in [0.25, 0.3) is 10.1 Å². The first-order valence-electron chi connectivity index (χ1n) is 7.05. The number of fused-ring (bicyclic) bond motifs is 2. The number of halogens is 1. The Bertz CT molecular complexity index is 582. The molecule has 5 heteroatoms. The van der Waals surface area contributed by atoms with Crippen molar-refractivity contribution >= 4 is 26.0 Å². The molecule has 0 saturated heterocycles. The average molecular weight is 359 g/mol. The molecule has 0 spiro atoms. The third-order valence-corrected chi connectivity index (χ3v) is 6.83. The summed E-state index contributed by atoms with van der Waals surface area (Å²) in [6.07, 6.45) is 3.08. The van der Waals surface area contributed by atoms with Gasteiger partial charge < -0.3 is 0 Å². The highest BCUT2D eigenvalue weighted by atomic mass is 79.9. The molecule has 0 aliphatic heterocycles. The van der Waals surface area contributed by atoms with E-state index in [4.69, 9.17) is 4.18 Å². The molecule has 2 saturated carbocycles.